The van der Waals surface area contributed by atoms with Crippen molar-refractivity contribution >= 4 is 5.91 Å². The highest BCUT2D eigenvalue weighted by atomic mass is 16.1. The molecular formula is C12H19N3O. The molecule has 0 atom stereocenters. The summed E-state index contributed by atoms with van der Waals surface area (Å²) in [5, 5.41) is 5.92. The van der Waals surface area contributed by atoms with E-state index in [0.717, 1.165) is 5.69 Å². The first-order valence-corrected chi connectivity index (χ1v) is 5.34. The molecule has 0 bridgehead atoms. The van der Waals surface area contributed by atoms with Crippen molar-refractivity contribution in [3.05, 3.63) is 29.6 Å². The Morgan fingerprint density at radius 1 is 1.44 bits per heavy atom. The largest absolute Gasteiger partial charge is 0.347 e. The van der Waals surface area contributed by atoms with Gasteiger partial charge >= 0.3 is 0 Å². The number of nitrogens with one attached hydrogen (secondary N) is 2. The second-order valence-corrected chi connectivity index (χ2v) is 4.77. The van der Waals surface area contributed by atoms with Crippen LogP contribution in [0.2, 0.25) is 0 Å². The van der Waals surface area contributed by atoms with Crippen molar-refractivity contribution < 1.29 is 4.79 Å². The molecule has 0 aliphatic carbocycles. The van der Waals surface area contributed by atoms with Crippen LogP contribution in [0.5, 0.6) is 0 Å². The van der Waals surface area contributed by atoms with Crippen LogP contribution in [0.25, 0.3) is 0 Å². The monoisotopic (exact) mass is 221 g/mol. The number of amides is 1. The predicted octanol–water partition coefficient (Wildman–Crippen LogP) is 1.33. The summed E-state index contributed by atoms with van der Waals surface area (Å²) in [6, 6.07) is 3.53. The van der Waals surface area contributed by atoms with Crippen LogP contribution in [0.3, 0.4) is 0 Å². The van der Waals surface area contributed by atoms with Gasteiger partial charge in [-0.2, -0.15) is 0 Å². The normalized spacial score (nSPS) is 11.2. The van der Waals surface area contributed by atoms with Crippen molar-refractivity contribution in [3.8, 4) is 0 Å². The number of rotatable bonds is 3. The molecule has 0 fully saturated rings. The highest BCUT2D eigenvalue weighted by Gasteiger charge is 2.15. The number of pyridine rings is 1. The summed E-state index contributed by atoms with van der Waals surface area (Å²) in [6.45, 7) is 6.54. The van der Waals surface area contributed by atoms with Gasteiger partial charge in [-0.15, -0.1) is 0 Å². The Hall–Kier alpha value is -1.42. The van der Waals surface area contributed by atoms with E-state index >= 15 is 0 Å². The molecule has 2 N–H and O–H groups in total. The SMILES string of the molecule is CNCc1cc(C(=O)NC(C)(C)C)ccn1. The van der Waals surface area contributed by atoms with E-state index in [4.69, 9.17) is 0 Å². The molecule has 0 aliphatic heterocycles. The Morgan fingerprint density at radius 3 is 2.69 bits per heavy atom. The molecule has 16 heavy (non-hydrogen) atoms. The number of hydrogen-bond acceptors (Lipinski definition) is 3. The minimum absolute atomic E-state index is 0.0627. The van der Waals surface area contributed by atoms with Crippen LogP contribution in [0.15, 0.2) is 18.3 Å². The van der Waals surface area contributed by atoms with Gasteiger partial charge in [-0.05, 0) is 40.0 Å². The van der Waals surface area contributed by atoms with Crippen LogP contribution < -0.4 is 10.6 Å². The first-order chi connectivity index (χ1) is 7.42. The quantitative estimate of drug-likeness (QED) is 0.809. The molecule has 1 rings (SSSR count). The standard InChI is InChI=1S/C12H19N3O/c1-12(2,3)15-11(16)9-5-6-14-10(7-9)8-13-4/h5-7,13H,8H2,1-4H3,(H,15,16). The Kier molecular flexibility index (Phi) is 4.01. The number of hydrogen-bond donors (Lipinski definition) is 2. The van der Waals surface area contributed by atoms with E-state index in [1.165, 1.54) is 0 Å². The third kappa shape index (κ3) is 3.98. The number of carbonyl (C=O) groups is 1. The van der Waals surface area contributed by atoms with E-state index in [1.54, 1.807) is 18.3 Å². The summed E-state index contributed by atoms with van der Waals surface area (Å²) in [5.74, 6) is -0.0627. The van der Waals surface area contributed by atoms with Crippen LogP contribution >= 0.6 is 0 Å². The summed E-state index contributed by atoms with van der Waals surface area (Å²) < 4.78 is 0. The fourth-order valence-electron chi connectivity index (χ4n) is 1.31. The van der Waals surface area contributed by atoms with E-state index in [9.17, 15) is 4.79 Å². The lowest BCUT2D eigenvalue weighted by molar-refractivity contribution is 0.0919. The summed E-state index contributed by atoms with van der Waals surface area (Å²) in [5.41, 5.74) is 1.29. The average Bonchev–Trinajstić information content (AvgIpc) is 2.16. The molecule has 88 valence electrons. The second kappa shape index (κ2) is 5.07. The molecule has 4 nitrogen and oxygen atoms in total. The van der Waals surface area contributed by atoms with Gasteiger partial charge in [0.2, 0.25) is 0 Å². The van der Waals surface area contributed by atoms with Gasteiger partial charge in [0.1, 0.15) is 0 Å². The minimum atomic E-state index is -0.219. The third-order valence-electron chi connectivity index (χ3n) is 1.93. The molecule has 0 aromatic carbocycles. The van der Waals surface area contributed by atoms with Crippen LogP contribution in [-0.4, -0.2) is 23.5 Å². The van der Waals surface area contributed by atoms with Gasteiger partial charge < -0.3 is 10.6 Å². The zero-order chi connectivity index (χ0) is 12.2. The predicted molar refractivity (Wildman–Crippen MR) is 64.2 cm³/mol. The lowest BCUT2D eigenvalue weighted by Gasteiger charge is -2.20. The molecular weight excluding hydrogens is 202 g/mol. The first kappa shape index (κ1) is 12.6. The molecule has 0 saturated heterocycles. The molecule has 1 amide bonds. The summed E-state index contributed by atoms with van der Waals surface area (Å²) in [4.78, 5) is 16.0. The lowest BCUT2D eigenvalue weighted by atomic mass is 10.1. The smallest absolute Gasteiger partial charge is 0.251 e. The molecule has 0 unspecified atom stereocenters. The van der Waals surface area contributed by atoms with Gasteiger partial charge in [-0.25, -0.2) is 0 Å². The number of carbonyl (C=O) groups excluding carboxylic acids is 1. The van der Waals surface area contributed by atoms with Crippen LogP contribution in [0, 0.1) is 0 Å². The van der Waals surface area contributed by atoms with Crippen molar-refractivity contribution in [3.63, 3.8) is 0 Å². The summed E-state index contributed by atoms with van der Waals surface area (Å²) in [6.07, 6.45) is 1.66. The molecule has 1 aromatic rings. The average molecular weight is 221 g/mol. The molecule has 1 aromatic heterocycles. The fraction of sp³-hybridized carbons (Fsp3) is 0.500. The van der Waals surface area contributed by atoms with Gasteiger partial charge in [0.05, 0.1) is 5.69 Å². The van der Waals surface area contributed by atoms with Gasteiger partial charge in [-0.3, -0.25) is 9.78 Å². The Labute approximate surface area is 96.5 Å². The number of nitrogens with zero attached hydrogens (tertiary/aromatic N) is 1. The van der Waals surface area contributed by atoms with Crippen LogP contribution in [0.4, 0.5) is 0 Å². The molecule has 0 saturated carbocycles. The minimum Gasteiger partial charge on any atom is -0.347 e. The van der Waals surface area contributed by atoms with Crippen molar-refractivity contribution in [1.29, 1.82) is 0 Å². The highest BCUT2D eigenvalue weighted by molar-refractivity contribution is 5.94. The van der Waals surface area contributed by atoms with Crippen LogP contribution in [0.1, 0.15) is 36.8 Å². The summed E-state index contributed by atoms with van der Waals surface area (Å²) in [7, 11) is 1.85. The first-order valence-electron chi connectivity index (χ1n) is 5.34. The van der Waals surface area contributed by atoms with Crippen molar-refractivity contribution in [2.24, 2.45) is 0 Å². The maximum absolute atomic E-state index is 11.9. The van der Waals surface area contributed by atoms with Crippen LogP contribution in [-0.2, 0) is 6.54 Å². The molecule has 0 aliphatic rings. The Balaban J connectivity index is 2.79. The highest BCUT2D eigenvalue weighted by Crippen LogP contribution is 2.05. The van der Waals surface area contributed by atoms with E-state index in [0.29, 0.717) is 12.1 Å². The van der Waals surface area contributed by atoms with E-state index in [2.05, 4.69) is 15.6 Å². The fourth-order valence-corrected chi connectivity index (χ4v) is 1.31. The maximum Gasteiger partial charge on any atom is 0.251 e. The summed E-state index contributed by atoms with van der Waals surface area (Å²) >= 11 is 0. The van der Waals surface area contributed by atoms with Gasteiger partial charge in [-0.1, -0.05) is 0 Å². The molecule has 0 spiro atoms. The van der Waals surface area contributed by atoms with E-state index in [1.807, 2.05) is 27.8 Å². The molecule has 4 heteroatoms. The maximum atomic E-state index is 11.9. The third-order valence-corrected chi connectivity index (χ3v) is 1.93. The van der Waals surface area contributed by atoms with Crippen molar-refractivity contribution in [2.75, 3.05) is 7.05 Å². The molecule has 1 heterocycles. The topological polar surface area (TPSA) is 54.0 Å². The zero-order valence-electron chi connectivity index (χ0n) is 10.3. The Bertz CT molecular complexity index is 369. The van der Waals surface area contributed by atoms with E-state index in [-0.39, 0.29) is 11.4 Å². The van der Waals surface area contributed by atoms with Crippen molar-refractivity contribution in [2.45, 2.75) is 32.9 Å². The van der Waals surface area contributed by atoms with E-state index < -0.39 is 0 Å². The molecule has 0 radical (unpaired) electrons. The van der Waals surface area contributed by atoms with Gasteiger partial charge in [0.15, 0.2) is 0 Å². The Morgan fingerprint density at radius 2 is 2.12 bits per heavy atom. The second-order valence-electron chi connectivity index (χ2n) is 4.77. The van der Waals surface area contributed by atoms with Gasteiger partial charge in [0, 0.05) is 23.8 Å². The lowest BCUT2D eigenvalue weighted by Crippen LogP contribution is -2.40. The van der Waals surface area contributed by atoms with Crippen molar-refractivity contribution in [1.82, 2.24) is 15.6 Å². The zero-order valence-corrected chi connectivity index (χ0v) is 10.3. The van der Waals surface area contributed by atoms with Gasteiger partial charge in [0.25, 0.3) is 5.91 Å². The number of aromatic nitrogens is 1.